The van der Waals surface area contributed by atoms with E-state index in [9.17, 15) is 9.81 Å². The van der Waals surface area contributed by atoms with Crippen molar-refractivity contribution < 1.29 is 0 Å². The highest BCUT2D eigenvalue weighted by Gasteiger charge is 2.59. The molecule has 0 spiro atoms. The first-order chi connectivity index (χ1) is 6.86. The first-order valence-corrected chi connectivity index (χ1v) is 5.18. The Kier molecular flexibility index (Phi) is 1.60. The van der Waals surface area contributed by atoms with Crippen molar-refractivity contribution in [1.29, 1.82) is 0 Å². The maximum atomic E-state index is 10.7. The van der Waals surface area contributed by atoms with Gasteiger partial charge in [0.25, 0.3) is 0 Å². The van der Waals surface area contributed by atoms with E-state index in [-0.39, 0.29) is 12.1 Å². The summed E-state index contributed by atoms with van der Waals surface area (Å²) in [6.45, 7) is 0. The van der Waals surface area contributed by atoms with Crippen LogP contribution >= 0.6 is 0 Å². The zero-order valence-electron chi connectivity index (χ0n) is 7.74. The van der Waals surface area contributed by atoms with Crippen molar-refractivity contribution in [3.8, 4) is 0 Å². The first-order valence-electron chi connectivity index (χ1n) is 5.18. The number of nitrogens with zero attached hydrogens (tertiary/aromatic N) is 2. The molecule has 4 heteroatoms. The predicted octanol–water partition coefficient (Wildman–Crippen LogP) is 2.10. The molecule has 2 bridgehead atoms. The SMILES string of the molecule is O=NC1C2CC(C3CC=CC32)C1N=O. The highest BCUT2D eigenvalue weighted by atomic mass is 16.3. The Hall–Kier alpha value is -1.06. The minimum absolute atomic E-state index is 0.295. The number of hydrogen-bond donors (Lipinski definition) is 0. The van der Waals surface area contributed by atoms with Gasteiger partial charge in [-0.25, -0.2) is 0 Å². The van der Waals surface area contributed by atoms with Gasteiger partial charge >= 0.3 is 0 Å². The van der Waals surface area contributed by atoms with Crippen LogP contribution in [0.25, 0.3) is 0 Å². The molecule has 6 atom stereocenters. The van der Waals surface area contributed by atoms with E-state index >= 15 is 0 Å². The van der Waals surface area contributed by atoms with E-state index in [0.29, 0.717) is 23.7 Å². The van der Waals surface area contributed by atoms with Gasteiger partial charge in [-0.2, -0.15) is 9.81 Å². The molecule has 0 aromatic heterocycles. The lowest BCUT2D eigenvalue weighted by Crippen LogP contribution is -2.37. The fraction of sp³-hybridized carbons (Fsp3) is 0.800. The van der Waals surface area contributed by atoms with Gasteiger partial charge in [0.2, 0.25) is 0 Å². The van der Waals surface area contributed by atoms with E-state index in [1.165, 1.54) is 0 Å². The quantitative estimate of drug-likeness (QED) is 0.497. The van der Waals surface area contributed by atoms with Crippen LogP contribution in [0.4, 0.5) is 0 Å². The second-order valence-electron chi connectivity index (χ2n) is 4.66. The molecule has 2 fully saturated rings. The highest BCUT2D eigenvalue weighted by Crippen LogP contribution is 2.58. The van der Waals surface area contributed by atoms with Gasteiger partial charge in [-0.05, 0) is 36.5 Å². The zero-order chi connectivity index (χ0) is 9.71. The van der Waals surface area contributed by atoms with Gasteiger partial charge in [-0.1, -0.05) is 22.5 Å². The Morgan fingerprint density at radius 3 is 2.43 bits per heavy atom. The van der Waals surface area contributed by atoms with E-state index in [4.69, 9.17) is 0 Å². The van der Waals surface area contributed by atoms with Crippen molar-refractivity contribution in [3.05, 3.63) is 22.0 Å². The van der Waals surface area contributed by atoms with Crippen molar-refractivity contribution >= 4 is 0 Å². The minimum atomic E-state index is -0.346. The third-order valence-electron chi connectivity index (χ3n) is 4.32. The molecule has 3 aliphatic rings. The van der Waals surface area contributed by atoms with Crippen molar-refractivity contribution in [1.82, 2.24) is 0 Å². The smallest absolute Gasteiger partial charge is 0.121 e. The van der Waals surface area contributed by atoms with E-state index in [2.05, 4.69) is 22.5 Å². The Morgan fingerprint density at radius 1 is 1.00 bits per heavy atom. The van der Waals surface area contributed by atoms with Crippen LogP contribution in [-0.2, 0) is 0 Å². The molecule has 0 radical (unpaired) electrons. The number of hydrogen-bond acceptors (Lipinski definition) is 4. The largest absolute Gasteiger partial charge is 0.150 e. The zero-order valence-corrected chi connectivity index (χ0v) is 7.74. The van der Waals surface area contributed by atoms with Crippen LogP contribution in [0.3, 0.4) is 0 Å². The van der Waals surface area contributed by atoms with Gasteiger partial charge in [0.05, 0.1) is 0 Å². The van der Waals surface area contributed by atoms with Crippen LogP contribution in [0.2, 0.25) is 0 Å². The number of rotatable bonds is 2. The summed E-state index contributed by atoms with van der Waals surface area (Å²) < 4.78 is 0. The lowest BCUT2D eigenvalue weighted by molar-refractivity contribution is 0.228. The van der Waals surface area contributed by atoms with Crippen molar-refractivity contribution in [2.75, 3.05) is 0 Å². The topological polar surface area (TPSA) is 58.9 Å². The van der Waals surface area contributed by atoms with Crippen molar-refractivity contribution in [3.63, 3.8) is 0 Å². The third kappa shape index (κ3) is 0.792. The maximum Gasteiger partial charge on any atom is 0.121 e. The van der Waals surface area contributed by atoms with Gasteiger partial charge in [0.1, 0.15) is 12.1 Å². The summed E-state index contributed by atoms with van der Waals surface area (Å²) in [5.41, 5.74) is 0. The Bertz CT molecular complexity index is 315. The fourth-order valence-corrected chi connectivity index (χ4v) is 3.81. The average Bonchev–Trinajstić information content (AvgIpc) is 2.86. The minimum Gasteiger partial charge on any atom is -0.150 e. The third-order valence-corrected chi connectivity index (χ3v) is 4.32. The summed E-state index contributed by atoms with van der Waals surface area (Å²) in [6.07, 6.45) is 6.41. The fourth-order valence-electron chi connectivity index (χ4n) is 3.81. The lowest BCUT2D eigenvalue weighted by atomic mass is 9.76. The molecule has 3 aliphatic carbocycles. The summed E-state index contributed by atoms with van der Waals surface area (Å²) in [5.74, 6) is 1.69. The molecule has 6 unspecified atom stereocenters. The number of nitroso groups, excluding NO2 is 2. The Labute approximate surface area is 81.7 Å². The molecule has 0 amide bonds. The molecule has 0 N–H and O–H groups in total. The molecule has 0 aromatic carbocycles. The summed E-state index contributed by atoms with van der Waals surface area (Å²) in [4.78, 5) is 21.4. The second kappa shape index (κ2) is 2.72. The molecule has 0 aliphatic heterocycles. The van der Waals surface area contributed by atoms with E-state index in [0.717, 1.165) is 12.8 Å². The maximum absolute atomic E-state index is 10.7. The van der Waals surface area contributed by atoms with Crippen LogP contribution in [0, 0.1) is 33.5 Å². The highest BCUT2D eigenvalue weighted by molar-refractivity contribution is 5.19. The monoisotopic (exact) mass is 192 g/mol. The van der Waals surface area contributed by atoms with E-state index < -0.39 is 0 Å². The van der Waals surface area contributed by atoms with Crippen molar-refractivity contribution in [2.45, 2.75) is 24.9 Å². The first kappa shape index (κ1) is 8.26. The molecule has 3 rings (SSSR count). The summed E-state index contributed by atoms with van der Waals surface area (Å²) in [5, 5.41) is 6.22. The van der Waals surface area contributed by atoms with Crippen LogP contribution in [0.1, 0.15) is 12.8 Å². The van der Waals surface area contributed by atoms with Gasteiger partial charge in [0.15, 0.2) is 0 Å². The van der Waals surface area contributed by atoms with Crippen LogP contribution in [0.15, 0.2) is 22.5 Å². The molecule has 0 heterocycles. The predicted molar refractivity (Wildman–Crippen MR) is 51.5 cm³/mol. The average molecular weight is 192 g/mol. The number of fused-ring (bicyclic) bond motifs is 5. The van der Waals surface area contributed by atoms with E-state index in [1.807, 2.05) is 0 Å². The molecule has 14 heavy (non-hydrogen) atoms. The molecule has 0 aromatic rings. The standard InChI is InChI=1S/C10H12N2O2/c13-11-9-7-4-8(10(9)12-14)6-3-1-2-5(6)7/h1-2,5-10H,3-4H2. The molecule has 4 nitrogen and oxygen atoms in total. The molecule has 2 saturated carbocycles. The van der Waals surface area contributed by atoms with Gasteiger partial charge in [-0.3, -0.25) is 0 Å². The van der Waals surface area contributed by atoms with Gasteiger partial charge < -0.3 is 0 Å². The van der Waals surface area contributed by atoms with Crippen molar-refractivity contribution in [2.24, 2.45) is 34.0 Å². The molecular formula is C10H12N2O2. The molecule has 74 valence electrons. The van der Waals surface area contributed by atoms with Crippen LogP contribution < -0.4 is 0 Å². The lowest BCUT2D eigenvalue weighted by Gasteiger charge is -2.30. The van der Waals surface area contributed by atoms with Crippen LogP contribution in [0.5, 0.6) is 0 Å². The normalized spacial score (nSPS) is 53.4. The van der Waals surface area contributed by atoms with Gasteiger partial charge in [0, 0.05) is 0 Å². The summed E-state index contributed by atoms with van der Waals surface area (Å²) in [7, 11) is 0. The summed E-state index contributed by atoms with van der Waals surface area (Å²) >= 11 is 0. The number of allylic oxidation sites excluding steroid dienone is 2. The van der Waals surface area contributed by atoms with E-state index in [1.54, 1.807) is 0 Å². The second-order valence-corrected chi connectivity index (χ2v) is 4.66. The Morgan fingerprint density at radius 2 is 1.71 bits per heavy atom. The van der Waals surface area contributed by atoms with Crippen LogP contribution in [-0.4, -0.2) is 12.1 Å². The van der Waals surface area contributed by atoms with Gasteiger partial charge in [-0.15, -0.1) is 0 Å². The summed E-state index contributed by atoms with van der Waals surface area (Å²) in [6, 6.07) is -0.680. The molecule has 0 saturated heterocycles. The molecular weight excluding hydrogens is 180 g/mol. The Balaban J connectivity index is 1.95.